The van der Waals surface area contributed by atoms with E-state index in [9.17, 15) is 14.0 Å². The predicted molar refractivity (Wildman–Crippen MR) is 115 cm³/mol. The van der Waals surface area contributed by atoms with E-state index in [4.69, 9.17) is 10.1 Å². The molecular formula is C21H22BrFN4O3. The zero-order valence-electron chi connectivity index (χ0n) is 16.4. The highest BCUT2D eigenvalue weighted by molar-refractivity contribution is 9.10. The van der Waals surface area contributed by atoms with Gasteiger partial charge in [-0.3, -0.25) is 4.90 Å². The zero-order chi connectivity index (χ0) is 21.4. The number of amides is 1. The summed E-state index contributed by atoms with van der Waals surface area (Å²) in [6.07, 6.45) is 1.32. The summed E-state index contributed by atoms with van der Waals surface area (Å²) in [5.74, 6) is 0.322. The van der Waals surface area contributed by atoms with Crippen LogP contribution in [0.2, 0.25) is 0 Å². The summed E-state index contributed by atoms with van der Waals surface area (Å²) in [5.41, 5.74) is 1.57. The van der Waals surface area contributed by atoms with Crippen molar-refractivity contribution in [3.63, 3.8) is 0 Å². The van der Waals surface area contributed by atoms with E-state index < -0.39 is 12.1 Å². The van der Waals surface area contributed by atoms with Crippen molar-refractivity contribution < 1.29 is 19.1 Å². The van der Waals surface area contributed by atoms with Crippen molar-refractivity contribution in [3.05, 3.63) is 40.4 Å². The van der Waals surface area contributed by atoms with Crippen LogP contribution in [0.1, 0.15) is 31.6 Å². The number of halogens is 2. The third kappa shape index (κ3) is 3.79. The molecule has 4 rings (SSSR count). The van der Waals surface area contributed by atoms with Crippen molar-refractivity contribution in [2.24, 2.45) is 5.92 Å². The number of likely N-dealkylation sites (tertiary alicyclic amines) is 1. The second kappa shape index (κ2) is 8.31. The van der Waals surface area contributed by atoms with Crippen LogP contribution in [0.5, 0.6) is 0 Å². The average Bonchev–Trinajstić information content (AvgIpc) is 3.34. The summed E-state index contributed by atoms with van der Waals surface area (Å²) in [7, 11) is 0. The first-order valence-corrected chi connectivity index (χ1v) is 10.6. The molecule has 1 saturated heterocycles. The molecule has 1 unspecified atom stereocenters. The average molecular weight is 477 g/mol. The lowest BCUT2D eigenvalue weighted by Gasteiger charge is -2.28. The number of aromatic nitrogens is 2. The number of H-pyrrole nitrogens is 1. The summed E-state index contributed by atoms with van der Waals surface area (Å²) in [4.78, 5) is 32.6. The zero-order valence-corrected chi connectivity index (χ0v) is 17.9. The van der Waals surface area contributed by atoms with Crippen LogP contribution < -0.4 is 5.32 Å². The molecule has 1 aromatic heterocycles. The topological polar surface area (TPSA) is 98.3 Å². The summed E-state index contributed by atoms with van der Waals surface area (Å²) < 4.78 is 14.9. The minimum absolute atomic E-state index is 0.0346. The third-order valence-electron chi connectivity index (χ3n) is 5.81. The van der Waals surface area contributed by atoms with Gasteiger partial charge in [-0.1, -0.05) is 13.0 Å². The molecule has 0 bridgehead atoms. The van der Waals surface area contributed by atoms with E-state index in [1.54, 1.807) is 12.1 Å². The molecule has 1 aliphatic rings. The fourth-order valence-electron chi connectivity index (χ4n) is 4.29. The first kappa shape index (κ1) is 20.7. The van der Waals surface area contributed by atoms with Crippen molar-refractivity contribution >= 4 is 50.1 Å². The SMILES string of the molecule is C[C@H](CN1CCC[C@H]1c1nc2ccc3c(F)c(Br)ccc3c2[nH]1)C(C=O)NC(=O)O. The van der Waals surface area contributed by atoms with Gasteiger partial charge in [-0.15, -0.1) is 0 Å². The quantitative estimate of drug-likeness (QED) is 0.462. The minimum atomic E-state index is -1.21. The van der Waals surface area contributed by atoms with Crippen LogP contribution >= 0.6 is 15.9 Å². The summed E-state index contributed by atoms with van der Waals surface area (Å²) in [5, 5.41) is 12.5. The van der Waals surface area contributed by atoms with E-state index in [2.05, 4.69) is 31.1 Å². The molecule has 0 radical (unpaired) electrons. The molecule has 3 N–H and O–H groups in total. The van der Waals surface area contributed by atoms with Crippen molar-refractivity contribution in [1.29, 1.82) is 0 Å². The second-order valence-corrected chi connectivity index (χ2v) is 8.63. The van der Waals surface area contributed by atoms with Gasteiger partial charge in [0, 0.05) is 17.3 Å². The molecule has 3 atom stereocenters. The number of carbonyl (C=O) groups is 2. The number of rotatable bonds is 6. The van der Waals surface area contributed by atoms with Gasteiger partial charge in [-0.25, -0.2) is 14.2 Å². The maximum absolute atomic E-state index is 14.5. The largest absolute Gasteiger partial charge is 0.465 e. The number of imidazole rings is 1. The van der Waals surface area contributed by atoms with Gasteiger partial charge >= 0.3 is 6.09 Å². The second-order valence-electron chi connectivity index (χ2n) is 7.78. The maximum Gasteiger partial charge on any atom is 0.405 e. The first-order valence-electron chi connectivity index (χ1n) is 9.84. The molecule has 1 aliphatic heterocycles. The lowest BCUT2D eigenvalue weighted by molar-refractivity contribution is -0.110. The van der Waals surface area contributed by atoms with Gasteiger partial charge in [0.2, 0.25) is 0 Å². The van der Waals surface area contributed by atoms with E-state index in [0.29, 0.717) is 22.7 Å². The number of nitrogens with one attached hydrogen (secondary N) is 2. The highest BCUT2D eigenvalue weighted by Gasteiger charge is 2.31. The van der Waals surface area contributed by atoms with E-state index in [1.165, 1.54) is 0 Å². The van der Waals surface area contributed by atoms with Gasteiger partial charge in [0.25, 0.3) is 0 Å². The highest BCUT2D eigenvalue weighted by Crippen LogP contribution is 2.35. The standard InChI is InChI=1S/C21H22BrFN4O3/c1-11(16(10-28)25-21(29)30)9-27-8-2-3-17(27)20-24-15-7-5-12-13(19(15)26-20)4-6-14(22)18(12)23/h4-7,10-11,16-17,25H,2-3,8-9H2,1H3,(H,24,26)(H,29,30)/t11-,16?,17+/m1/s1. The number of hydrogen-bond donors (Lipinski definition) is 3. The number of benzene rings is 2. The van der Waals surface area contributed by atoms with E-state index in [-0.39, 0.29) is 17.8 Å². The van der Waals surface area contributed by atoms with E-state index >= 15 is 0 Å². The Morgan fingerprint density at radius 3 is 2.93 bits per heavy atom. The maximum atomic E-state index is 14.5. The number of carbonyl (C=O) groups excluding carboxylic acids is 1. The van der Waals surface area contributed by atoms with Crippen molar-refractivity contribution in [1.82, 2.24) is 20.2 Å². The molecule has 0 spiro atoms. The lowest BCUT2D eigenvalue weighted by Crippen LogP contribution is -2.44. The summed E-state index contributed by atoms with van der Waals surface area (Å²) >= 11 is 3.23. The Hall–Kier alpha value is -2.52. The number of hydrogen-bond acceptors (Lipinski definition) is 4. The summed E-state index contributed by atoms with van der Waals surface area (Å²) in [6.45, 7) is 3.26. The molecular weight excluding hydrogens is 455 g/mol. The molecule has 9 heteroatoms. The Kier molecular flexibility index (Phi) is 5.75. The van der Waals surface area contributed by atoms with Gasteiger partial charge in [-0.2, -0.15) is 0 Å². The minimum Gasteiger partial charge on any atom is -0.465 e. The fraction of sp³-hybridized carbons (Fsp3) is 0.381. The van der Waals surface area contributed by atoms with Gasteiger partial charge < -0.3 is 20.2 Å². The molecule has 0 aliphatic carbocycles. The van der Waals surface area contributed by atoms with Crippen LogP contribution in [-0.4, -0.2) is 51.5 Å². The van der Waals surface area contributed by atoms with Gasteiger partial charge in [0.1, 0.15) is 17.9 Å². The lowest BCUT2D eigenvalue weighted by atomic mass is 10.0. The highest BCUT2D eigenvalue weighted by atomic mass is 79.9. The molecule has 0 saturated carbocycles. The van der Waals surface area contributed by atoms with Crippen molar-refractivity contribution in [2.75, 3.05) is 13.1 Å². The predicted octanol–water partition coefficient (Wildman–Crippen LogP) is 4.23. The number of aromatic amines is 1. The number of fused-ring (bicyclic) bond motifs is 3. The van der Waals surface area contributed by atoms with Crippen molar-refractivity contribution in [2.45, 2.75) is 31.8 Å². The Balaban J connectivity index is 1.62. The van der Waals surface area contributed by atoms with Crippen molar-refractivity contribution in [3.8, 4) is 0 Å². The molecule has 1 amide bonds. The van der Waals surface area contributed by atoms with Crippen LogP contribution in [-0.2, 0) is 4.79 Å². The van der Waals surface area contributed by atoms with Crippen LogP contribution in [0.15, 0.2) is 28.7 Å². The van der Waals surface area contributed by atoms with Gasteiger partial charge in [-0.05, 0) is 59.4 Å². The fourth-order valence-corrected chi connectivity index (χ4v) is 4.64. The van der Waals surface area contributed by atoms with Gasteiger partial charge in [0.15, 0.2) is 0 Å². The number of nitrogens with zero attached hydrogens (tertiary/aromatic N) is 2. The molecule has 2 heterocycles. The Bertz CT molecular complexity index is 1120. The molecule has 3 aromatic rings. The molecule has 158 valence electrons. The Labute approximate surface area is 180 Å². The molecule has 1 fully saturated rings. The van der Waals surface area contributed by atoms with Crippen LogP contribution in [0, 0.1) is 11.7 Å². The smallest absolute Gasteiger partial charge is 0.405 e. The van der Waals surface area contributed by atoms with Crippen LogP contribution in [0.25, 0.3) is 21.8 Å². The molecule has 7 nitrogen and oxygen atoms in total. The van der Waals surface area contributed by atoms with Crippen LogP contribution in [0.4, 0.5) is 9.18 Å². The number of carboxylic acid groups (broad SMARTS) is 1. The van der Waals surface area contributed by atoms with Crippen LogP contribution in [0.3, 0.4) is 0 Å². The van der Waals surface area contributed by atoms with E-state index in [1.807, 2.05) is 19.1 Å². The van der Waals surface area contributed by atoms with E-state index in [0.717, 1.165) is 41.6 Å². The van der Waals surface area contributed by atoms with Gasteiger partial charge in [0.05, 0.1) is 27.6 Å². The molecule has 30 heavy (non-hydrogen) atoms. The Morgan fingerprint density at radius 1 is 1.43 bits per heavy atom. The third-order valence-corrected chi connectivity index (χ3v) is 6.42. The summed E-state index contributed by atoms with van der Waals surface area (Å²) in [6, 6.07) is 6.39. The number of aldehydes is 1. The Morgan fingerprint density at radius 2 is 2.20 bits per heavy atom. The first-order chi connectivity index (χ1) is 14.4. The molecule has 2 aromatic carbocycles. The monoisotopic (exact) mass is 476 g/mol. The normalized spacial score (nSPS) is 19.2.